The maximum atomic E-state index is 10.4. The molecule has 2 aromatic heterocycles. The third-order valence-electron chi connectivity index (χ3n) is 4.30. The number of benzene rings is 2. The molecule has 0 saturated carbocycles. The Labute approximate surface area is 183 Å². The van der Waals surface area contributed by atoms with E-state index in [4.69, 9.17) is 9.47 Å². The van der Waals surface area contributed by atoms with Gasteiger partial charge in [-0.3, -0.25) is 4.57 Å². The fraction of sp³-hybridized carbons (Fsp3) is 0.182. The zero-order valence-electron chi connectivity index (χ0n) is 16.3. The van der Waals surface area contributed by atoms with E-state index in [1.807, 2.05) is 76.7 Å². The van der Waals surface area contributed by atoms with E-state index in [-0.39, 0.29) is 6.61 Å². The van der Waals surface area contributed by atoms with Crippen LogP contribution in [0.2, 0.25) is 0 Å². The van der Waals surface area contributed by atoms with Gasteiger partial charge in [-0.2, -0.15) is 0 Å². The summed E-state index contributed by atoms with van der Waals surface area (Å²) in [5, 5.41) is 21.9. The lowest BCUT2D eigenvalue weighted by molar-refractivity contribution is 0.126. The first kappa shape index (κ1) is 20.5. The van der Waals surface area contributed by atoms with E-state index in [1.54, 1.807) is 18.4 Å². The van der Waals surface area contributed by atoms with Gasteiger partial charge in [-0.15, -0.1) is 21.5 Å². The third kappa shape index (κ3) is 4.84. The number of thiophene rings is 1. The molecule has 2 aromatic carbocycles. The lowest BCUT2D eigenvalue weighted by Crippen LogP contribution is -2.20. The van der Waals surface area contributed by atoms with E-state index in [9.17, 15) is 5.11 Å². The molecule has 4 aromatic rings. The molecule has 8 heteroatoms. The molecule has 0 aliphatic rings. The number of rotatable bonds is 9. The van der Waals surface area contributed by atoms with Crippen LogP contribution in [0.3, 0.4) is 0 Å². The fourth-order valence-electron chi connectivity index (χ4n) is 2.82. The first-order valence-electron chi connectivity index (χ1n) is 9.37. The van der Waals surface area contributed by atoms with Crippen molar-refractivity contribution in [2.75, 3.05) is 19.5 Å². The van der Waals surface area contributed by atoms with Crippen molar-refractivity contribution in [3.05, 3.63) is 72.1 Å². The Kier molecular flexibility index (Phi) is 6.68. The highest BCUT2D eigenvalue weighted by Gasteiger charge is 2.18. The Balaban J connectivity index is 1.44. The molecule has 2 heterocycles. The quantitative estimate of drug-likeness (QED) is 0.386. The Hall–Kier alpha value is -2.81. The van der Waals surface area contributed by atoms with Crippen LogP contribution in [0.5, 0.6) is 11.5 Å². The lowest BCUT2D eigenvalue weighted by atomic mass is 10.3. The van der Waals surface area contributed by atoms with Crippen LogP contribution in [0.1, 0.15) is 0 Å². The molecule has 0 spiro atoms. The molecule has 154 valence electrons. The first-order chi connectivity index (χ1) is 14.7. The molecule has 6 nitrogen and oxygen atoms in total. The van der Waals surface area contributed by atoms with Gasteiger partial charge >= 0.3 is 0 Å². The smallest absolute Gasteiger partial charge is 0.196 e. The summed E-state index contributed by atoms with van der Waals surface area (Å²) < 4.78 is 12.8. The Morgan fingerprint density at radius 3 is 2.47 bits per heavy atom. The number of aromatic nitrogens is 3. The summed E-state index contributed by atoms with van der Waals surface area (Å²) in [6, 6.07) is 21.3. The van der Waals surface area contributed by atoms with Crippen LogP contribution < -0.4 is 9.47 Å². The minimum Gasteiger partial charge on any atom is -0.497 e. The summed E-state index contributed by atoms with van der Waals surface area (Å²) in [5.74, 6) is 2.68. The molecule has 1 N–H and O–H groups in total. The van der Waals surface area contributed by atoms with E-state index in [0.29, 0.717) is 11.5 Å². The standard InChI is InChI=1S/C22H21N3O3S2/c1-27-18-9-11-19(12-10-18)28-14-17(26)15-30-22-24-23-21(20-8-5-13-29-20)25(22)16-6-3-2-4-7-16/h2-13,17,26H,14-15H2,1H3. The van der Waals surface area contributed by atoms with Gasteiger partial charge in [0.2, 0.25) is 0 Å². The number of nitrogens with zero attached hydrogens (tertiary/aromatic N) is 3. The number of hydrogen-bond donors (Lipinski definition) is 1. The van der Waals surface area contributed by atoms with Gasteiger partial charge in [0.15, 0.2) is 11.0 Å². The van der Waals surface area contributed by atoms with Crippen LogP contribution in [0.4, 0.5) is 0 Å². The van der Waals surface area contributed by atoms with Gasteiger partial charge in [0.25, 0.3) is 0 Å². The minimum atomic E-state index is -0.650. The van der Waals surface area contributed by atoms with E-state index >= 15 is 0 Å². The average Bonchev–Trinajstić information content (AvgIpc) is 3.47. The van der Waals surface area contributed by atoms with Crippen molar-refractivity contribution in [1.29, 1.82) is 0 Å². The Morgan fingerprint density at radius 2 is 1.77 bits per heavy atom. The fourth-order valence-corrected chi connectivity index (χ4v) is 4.38. The molecule has 30 heavy (non-hydrogen) atoms. The van der Waals surface area contributed by atoms with Crippen molar-refractivity contribution in [2.24, 2.45) is 0 Å². The molecule has 1 unspecified atom stereocenters. The molecule has 0 bridgehead atoms. The first-order valence-corrected chi connectivity index (χ1v) is 11.2. The molecular formula is C22H21N3O3S2. The maximum absolute atomic E-state index is 10.4. The van der Waals surface area contributed by atoms with Crippen molar-refractivity contribution >= 4 is 23.1 Å². The van der Waals surface area contributed by atoms with Crippen LogP contribution in [0.25, 0.3) is 16.4 Å². The van der Waals surface area contributed by atoms with Crippen molar-refractivity contribution < 1.29 is 14.6 Å². The number of ether oxygens (including phenoxy) is 2. The predicted molar refractivity (Wildman–Crippen MR) is 120 cm³/mol. The van der Waals surface area contributed by atoms with Crippen LogP contribution in [-0.2, 0) is 0 Å². The van der Waals surface area contributed by atoms with Crippen molar-refractivity contribution in [3.8, 4) is 27.9 Å². The van der Waals surface area contributed by atoms with E-state index in [1.165, 1.54) is 11.8 Å². The summed E-state index contributed by atoms with van der Waals surface area (Å²) in [4.78, 5) is 1.04. The largest absolute Gasteiger partial charge is 0.497 e. The van der Waals surface area contributed by atoms with E-state index in [2.05, 4.69) is 10.2 Å². The summed E-state index contributed by atoms with van der Waals surface area (Å²) in [6.07, 6.45) is -0.650. The molecule has 0 amide bonds. The Morgan fingerprint density at radius 1 is 1.00 bits per heavy atom. The van der Waals surface area contributed by atoms with Crippen LogP contribution in [0, 0.1) is 0 Å². The van der Waals surface area contributed by atoms with Gasteiger partial charge in [0, 0.05) is 11.4 Å². The predicted octanol–water partition coefficient (Wildman–Crippen LogP) is 4.54. The number of aliphatic hydroxyl groups is 1. The van der Waals surface area contributed by atoms with Gasteiger partial charge in [0.05, 0.1) is 18.1 Å². The molecule has 0 aliphatic heterocycles. The zero-order chi connectivity index (χ0) is 20.8. The molecular weight excluding hydrogens is 418 g/mol. The highest BCUT2D eigenvalue weighted by Crippen LogP contribution is 2.30. The molecule has 1 atom stereocenters. The van der Waals surface area contributed by atoms with Crippen molar-refractivity contribution in [2.45, 2.75) is 11.3 Å². The number of methoxy groups -OCH3 is 1. The van der Waals surface area contributed by atoms with Gasteiger partial charge in [-0.05, 0) is 47.8 Å². The summed E-state index contributed by atoms with van der Waals surface area (Å²) in [7, 11) is 1.62. The molecule has 0 fully saturated rings. The second-order valence-electron chi connectivity index (χ2n) is 6.41. The number of thioether (sulfide) groups is 1. The zero-order valence-corrected chi connectivity index (χ0v) is 18.0. The van der Waals surface area contributed by atoms with Gasteiger partial charge < -0.3 is 14.6 Å². The van der Waals surface area contributed by atoms with Gasteiger partial charge in [-0.25, -0.2) is 0 Å². The Bertz CT molecular complexity index is 1050. The van der Waals surface area contributed by atoms with E-state index in [0.717, 1.165) is 27.3 Å². The highest BCUT2D eigenvalue weighted by molar-refractivity contribution is 7.99. The van der Waals surface area contributed by atoms with Crippen LogP contribution >= 0.6 is 23.1 Å². The average molecular weight is 440 g/mol. The van der Waals surface area contributed by atoms with Crippen LogP contribution in [-0.4, -0.2) is 45.4 Å². The third-order valence-corrected chi connectivity index (χ3v) is 6.24. The van der Waals surface area contributed by atoms with Crippen LogP contribution in [0.15, 0.2) is 77.3 Å². The SMILES string of the molecule is COc1ccc(OCC(O)CSc2nnc(-c3cccs3)n2-c2ccccc2)cc1. The number of hydrogen-bond acceptors (Lipinski definition) is 7. The topological polar surface area (TPSA) is 69.4 Å². The molecule has 4 rings (SSSR count). The van der Waals surface area contributed by atoms with Crippen molar-refractivity contribution in [3.63, 3.8) is 0 Å². The summed E-state index contributed by atoms with van der Waals surface area (Å²) >= 11 is 3.07. The normalized spacial score (nSPS) is 11.9. The molecule has 0 radical (unpaired) electrons. The lowest BCUT2D eigenvalue weighted by Gasteiger charge is -2.13. The maximum Gasteiger partial charge on any atom is 0.196 e. The highest BCUT2D eigenvalue weighted by atomic mass is 32.2. The number of para-hydroxylation sites is 1. The van der Waals surface area contributed by atoms with Gasteiger partial charge in [-0.1, -0.05) is 36.0 Å². The summed E-state index contributed by atoms with van der Waals surface area (Å²) in [6.45, 7) is 0.191. The number of aliphatic hydroxyl groups excluding tert-OH is 1. The molecule has 0 aliphatic carbocycles. The van der Waals surface area contributed by atoms with Crippen molar-refractivity contribution in [1.82, 2.24) is 14.8 Å². The summed E-state index contributed by atoms with van der Waals surface area (Å²) in [5.41, 5.74) is 0.984. The minimum absolute atomic E-state index is 0.191. The van der Waals surface area contributed by atoms with E-state index < -0.39 is 6.10 Å². The monoisotopic (exact) mass is 439 g/mol. The molecule has 0 saturated heterocycles. The second kappa shape index (κ2) is 9.80. The van der Waals surface area contributed by atoms with Gasteiger partial charge in [0.1, 0.15) is 18.1 Å². The second-order valence-corrected chi connectivity index (χ2v) is 8.34.